The van der Waals surface area contributed by atoms with Crippen LogP contribution in [-0.4, -0.2) is 38.8 Å². The number of hydrogen-bond donors (Lipinski definition) is 3. The largest absolute Gasteiger partial charge is 0.508 e. The Hall–Kier alpha value is -1.60. The van der Waals surface area contributed by atoms with Gasteiger partial charge >= 0.3 is 0 Å². The Labute approximate surface area is 112 Å². The van der Waals surface area contributed by atoms with Gasteiger partial charge in [-0.3, -0.25) is 4.79 Å². The smallest absolute Gasteiger partial charge is 0.251 e. The van der Waals surface area contributed by atoms with E-state index in [0.717, 1.165) is 6.26 Å². The third-order valence-corrected chi connectivity index (χ3v) is 3.20. The Kier molecular flexibility index (Phi) is 5.31. The van der Waals surface area contributed by atoms with Crippen molar-refractivity contribution in [1.82, 2.24) is 10.0 Å². The average molecular weight is 286 g/mol. The van der Waals surface area contributed by atoms with Gasteiger partial charge in [-0.1, -0.05) is 6.07 Å². The molecule has 0 saturated heterocycles. The molecule has 0 aliphatic rings. The third kappa shape index (κ3) is 5.71. The predicted octanol–water partition coefficient (Wildman–Crippen LogP) is 0.370. The SMILES string of the molecule is Cc1ccc(C(=O)NCCCNS(C)(=O)=O)cc1O. The number of sulfonamides is 1. The lowest BCUT2D eigenvalue weighted by atomic mass is 10.1. The van der Waals surface area contributed by atoms with Crippen molar-refractivity contribution in [3.63, 3.8) is 0 Å². The Balaban J connectivity index is 2.37. The first-order valence-corrected chi connectivity index (χ1v) is 7.71. The van der Waals surface area contributed by atoms with Gasteiger partial charge in [-0.05, 0) is 31.0 Å². The Bertz CT molecular complexity index is 555. The first-order valence-electron chi connectivity index (χ1n) is 5.82. The molecule has 1 amide bonds. The first-order chi connectivity index (χ1) is 8.79. The number of carbonyl (C=O) groups is 1. The lowest BCUT2D eigenvalue weighted by molar-refractivity contribution is 0.0953. The number of aryl methyl sites for hydroxylation is 1. The minimum absolute atomic E-state index is 0.0754. The molecule has 19 heavy (non-hydrogen) atoms. The monoisotopic (exact) mass is 286 g/mol. The van der Waals surface area contributed by atoms with Gasteiger partial charge in [0, 0.05) is 18.7 Å². The summed E-state index contributed by atoms with van der Waals surface area (Å²) in [6.45, 7) is 2.38. The van der Waals surface area contributed by atoms with Crippen molar-refractivity contribution in [3.8, 4) is 5.75 Å². The Morgan fingerprint density at radius 1 is 1.32 bits per heavy atom. The van der Waals surface area contributed by atoms with E-state index < -0.39 is 10.0 Å². The summed E-state index contributed by atoms with van der Waals surface area (Å²) in [4.78, 5) is 11.7. The number of aromatic hydroxyl groups is 1. The van der Waals surface area contributed by atoms with Crippen LogP contribution in [0.25, 0.3) is 0 Å². The fourth-order valence-corrected chi connectivity index (χ4v) is 1.92. The molecule has 0 aromatic heterocycles. The zero-order valence-corrected chi connectivity index (χ0v) is 11.8. The van der Waals surface area contributed by atoms with Crippen molar-refractivity contribution in [2.24, 2.45) is 0 Å². The fourth-order valence-electron chi connectivity index (χ4n) is 1.40. The zero-order valence-electron chi connectivity index (χ0n) is 10.9. The summed E-state index contributed by atoms with van der Waals surface area (Å²) in [6, 6.07) is 4.69. The first kappa shape index (κ1) is 15.5. The molecule has 0 heterocycles. The van der Waals surface area contributed by atoms with Crippen LogP contribution in [0.2, 0.25) is 0 Å². The van der Waals surface area contributed by atoms with Crippen molar-refractivity contribution in [2.45, 2.75) is 13.3 Å². The van der Waals surface area contributed by atoms with E-state index in [1.54, 1.807) is 19.1 Å². The van der Waals surface area contributed by atoms with Gasteiger partial charge in [-0.2, -0.15) is 0 Å². The summed E-state index contributed by atoms with van der Waals surface area (Å²) in [6.07, 6.45) is 1.58. The minimum Gasteiger partial charge on any atom is -0.508 e. The van der Waals surface area contributed by atoms with Crippen molar-refractivity contribution >= 4 is 15.9 Å². The molecule has 0 bridgehead atoms. The number of rotatable bonds is 6. The Morgan fingerprint density at radius 3 is 2.58 bits per heavy atom. The van der Waals surface area contributed by atoms with E-state index in [4.69, 9.17) is 0 Å². The number of phenols is 1. The van der Waals surface area contributed by atoms with Crippen molar-refractivity contribution < 1.29 is 18.3 Å². The predicted molar refractivity (Wildman–Crippen MR) is 72.6 cm³/mol. The molecule has 1 aromatic rings. The van der Waals surface area contributed by atoms with Gasteiger partial charge in [0.2, 0.25) is 10.0 Å². The molecule has 0 unspecified atom stereocenters. The lowest BCUT2D eigenvalue weighted by Crippen LogP contribution is -2.29. The maximum Gasteiger partial charge on any atom is 0.251 e. The summed E-state index contributed by atoms with van der Waals surface area (Å²) < 4.78 is 23.9. The maximum atomic E-state index is 11.7. The highest BCUT2D eigenvalue weighted by atomic mass is 32.2. The zero-order chi connectivity index (χ0) is 14.5. The van der Waals surface area contributed by atoms with Crippen LogP contribution in [0.3, 0.4) is 0 Å². The number of benzene rings is 1. The summed E-state index contributed by atoms with van der Waals surface area (Å²) in [7, 11) is -3.18. The second kappa shape index (κ2) is 6.53. The van der Waals surface area contributed by atoms with Gasteiger partial charge in [0.15, 0.2) is 0 Å². The molecule has 1 aromatic carbocycles. The van der Waals surface area contributed by atoms with Crippen LogP contribution < -0.4 is 10.0 Å². The van der Waals surface area contributed by atoms with Crippen LogP contribution >= 0.6 is 0 Å². The summed E-state index contributed by atoms with van der Waals surface area (Å²) >= 11 is 0. The lowest BCUT2D eigenvalue weighted by Gasteiger charge is -2.07. The highest BCUT2D eigenvalue weighted by Crippen LogP contribution is 2.17. The topological polar surface area (TPSA) is 95.5 Å². The van der Waals surface area contributed by atoms with Gasteiger partial charge in [-0.25, -0.2) is 13.1 Å². The van der Waals surface area contributed by atoms with Crippen molar-refractivity contribution in [1.29, 1.82) is 0 Å². The van der Waals surface area contributed by atoms with E-state index in [9.17, 15) is 18.3 Å². The van der Waals surface area contributed by atoms with E-state index >= 15 is 0 Å². The van der Waals surface area contributed by atoms with Gasteiger partial charge in [0.1, 0.15) is 5.75 Å². The number of nitrogens with one attached hydrogen (secondary N) is 2. The molecule has 106 valence electrons. The van der Waals surface area contributed by atoms with Crippen molar-refractivity contribution in [2.75, 3.05) is 19.3 Å². The van der Waals surface area contributed by atoms with E-state index in [0.29, 0.717) is 24.1 Å². The number of phenolic OH excluding ortho intramolecular Hbond substituents is 1. The third-order valence-electron chi connectivity index (χ3n) is 2.47. The van der Waals surface area contributed by atoms with Gasteiger partial charge < -0.3 is 10.4 Å². The van der Waals surface area contributed by atoms with Crippen LogP contribution in [0.5, 0.6) is 5.75 Å². The number of amides is 1. The van der Waals surface area contributed by atoms with Crippen LogP contribution in [-0.2, 0) is 10.0 Å². The molecular weight excluding hydrogens is 268 g/mol. The molecule has 6 nitrogen and oxygen atoms in total. The highest BCUT2D eigenvalue weighted by Gasteiger charge is 2.07. The molecule has 0 aliphatic carbocycles. The second-order valence-corrected chi connectivity index (χ2v) is 6.11. The van der Waals surface area contributed by atoms with E-state index in [1.165, 1.54) is 6.07 Å². The summed E-state index contributed by atoms with van der Waals surface area (Å²) in [5.74, 6) is -0.221. The fraction of sp³-hybridized carbons (Fsp3) is 0.417. The molecule has 0 spiro atoms. The minimum atomic E-state index is -3.18. The Morgan fingerprint density at radius 2 is 2.00 bits per heavy atom. The molecule has 0 radical (unpaired) electrons. The van der Waals surface area contributed by atoms with E-state index in [1.807, 2.05) is 0 Å². The molecular formula is C12H18N2O4S. The molecule has 3 N–H and O–H groups in total. The summed E-state index contributed by atoms with van der Waals surface area (Å²) in [5, 5.41) is 12.1. The number of hydrogen-bond acceptors (Lipinski definition) is 4. The van der Waals surface area contributed by atoms with Crippen LogP contribution in [0.1, 0.15) is 22.3 Å². The average Bonchev–Trinajstić information content (AvgIpc) is 2.30. The standard InChI is InChI=1S/C12H18N2O4S/c1-9-4-5-10(8-11(9)15)12(16)13-6-3-7-14-19(2,17)18/h4-5,8,14-15H,3,6-7H2,1-2H3,(H,13,16). The molecule has 0 aliphatic heterocycles. The number of carbonyl (C=O) groups excluding carboxylic acids is 1. The molecule has 0 fully saturated rings. The van der Waals surface area contributed by atoms with Crippen LogP contribution in [0, 0.1) is 6.92 Å². The highest BCUT2D eigenvalue weighted by molar-refractivity contribution is 7.88. The maximum absolute atomic E-state index is 11.7. The van der Waals surface area contributed by atoms with E-state index in [2.05, 4.69) is 10.0 Å². The van der Waals surface area contributed by atoms with Crippen molar-refractivity contribution in [3.05, 3.63) is 29.3 Å². The van der Waals surface area contributed by atoms with Gasteiger partial charge in [0.25, 0.3) is 5.91 Å². The van der Waals surface area contributed by atoms with Crippen LogP contribution in [0.4, 0.5) is 0 Å². The molecule has 0 atom stereocenters. The van der Waals surface area contributed by atoms with Gasteiger partial charge in [0.05, 0.1) is 6.26 Å². The molecule has 0 saturated carbocycles. The van der Waals surface area contributed by atoms with E-state index in [-0.39, 0.29) is 18.2 Å². The second-order valence-electron chi connectivity index (χ2n) is 4.28. The quantitative estimate of drug-likeness (QED) is 0.658. The molecule has 1 rings (SSSR count). The summed E-state index contributed by atoms with van der Waals surface area (Å²) in [5.41, 5.74) is 1.08. The van der Waals surface area contributed by atoms with Gasteiger partial charge in [-0.15, -0.1) is 0 Å². The van der Waals surface area contributed by atoms with Crippen LogP contribution in [0.15, 0.2) is 18.2 Å². The normalized spacial score (nSPS) is 11.3. The molecule has 7 heteroatoms.